The molecule has 2 aromatic rings. The number of urea groups is 1. The predicted molar refractivity (Wildman–Crippen MR) is 98.9 cm³/mol. The minimum absolute atomic E-state index is 0.0511. The van der Waals surface area contributed by atoms with E-state index in [0.717, 1.165) is 24.0 Å². The molecule has 0 spiro atoms. The molecule has 1 aliphatic rings. The maximum absolute atomic E-state index is 13.0. The van der Waals surface area contributed by atoms with Crippen molar-refractivity contribution in [1.82, 2.24) is 10.6 Å². The van der Waals surface area contributed by atoms with Gasteiger partial charge in [-0.1, -0.05) is 41.4 Å². The molecule has 6 heteroatoms. The van der Waals surface area contributed by atoms with Gasteiger partial charge in [-0.15, -0.1) is 0 Å². The number of hydrogen-bond acceptors (Lipinski definition) is 1. The van der Waals surface area contributed by atoms with E-state index in [1.807, 2.05) is 6.07 Å². The normalized spacial score (nSPS) is 14.8. The molecule has 0 heterocycles. The topological polar surface area (TPSA) is 41.1 Å². The van der Waals surface area contributed by atoms with Gasteiger partial charge in [-0.25, -0.2) is 9.18 Å². The standard InChI is InChI=1S/C19H19Cl2FN2O/c20-15-4-1-13(17(21)11-15)7-10-23-18(25)24-12-19(8-9-19)14-2-5-16(22)6-3-14/h1-6,11H,7-10,12H2,(H2,23,24,25). The van der Waals surface area contributed by atoms with Gasteiger partial charge < -0.3 is 10.6 Å². The number of hydrogen-bond donors (Lipinski definition) is 2. The summed E-state index contributed by atoms with van der Waals surface area (Å²) in [7, 11) is 0. The van der Waals surface area contributed by atoms with Gasteiger partial charge in [-0.05, 0) is 54.7 Å². The van der Waals surface area contributed by atoms with E-state index in [0.29, 0.717) is 29.6 Å². The SMILES string of the molecule is O=C(NCCc1ccc(Cl)cc1Cl)NCC1(c2ccc(F)cc2)CC1. The fraction of sp³-hybridized carbons (Fsp3) is 0.316. The van der Waals surface area contributed by atoms with Crippen molar-refractivity contribution in [3.63, 3.8) is 0 Å². The van der Waals surface area contributed by atoms with Gasteiger partial charge in [0.15, 0.2) is 0 Å². The average molecular weight is 381 g/mol. The van der Waals surface area contributed by atoms with E-state index >= 15 is 0 Å². The van der Waals surface area contributed by atoms with Gasteiger partial charge in [0, 0.05) is 28.5 Å². The van der Waals surface area contributed by atoms with Gasteiger partial charge >= 0.3 is 6.03 Å². The number of amides is 2. The number of nitrogens with one attached hydrogen (secondary N) is 2. The minimum atomic E-state index is -0.244. The molecular formula is C19H19Cl2FN2O. The average Bonchev–Trinajstić information content (AvgIpc) is 3.37. The summed E-state index contributed by atoms with van der Waals surface area (Å²) in [5.41, 5.74) is 1.96. The molecule has 3 nitrogen and oxygen atoms in total. The van der Waals surface area contributed by atoms with Gasteiger partial charge in [0.05, 0.1) is 0 Å². The lowest BCUT2D eigenvalue weighted by atomic mass is 9.96. The van der Waals surface area contributed by atoms with Crippen LogP contribution in [0.2, 0.25) is 10.0 Å². The van der Waals surface area contributed by atoms with Crippen molar-refractivity contribution in [3.05, 3.63) is 69.5 Å². The van der Waals surface area contributed by atoms with Crippen molar-refractivity contribution in [3.8, 4) is 0 Å². The van der Waals surface area contributed by atoms with Crippen molar-refractivity contribution in [2.75, 3.05) is 13.1 Å². The third-order valence-corrected chi connectivity index (χ3v) is 5.18. The molecule has 0 saturated heterocycles. The van der Waals surface area contributed by atoms with Gasteiger partial charge in [-0.3, -0.25) is 0 Å². The van der Waals surface area contributed by atoms with E-state index in [4.69, 9.17) is 23.2 Å². The molecule has 2 N–H and O–H groups in total. The first-order chi connectivity index (χ1) is 12.0. The van der Waals surface area contributed by atoms with Crippen LogP contribution in [0.3, 0.4) is 0 Å². The van der Waals surface area contributed by atoms with E-state index in [2.05, 4.69) is 10.6 Å². The lowest BCUT2D eigenvalue weighted by Crippen LogP contribution is -2.40. The number of halogens is 3. The maximum atomic E-state index is 13.0. The Morgan fingerprint density at radius 2 is 1.80 bits per heavy atom. The summed E-state index contributed by atoms with van der Waals surface area (Å²) < 4.78 is 13.0. The van der Waals surface area contributed by atoms with Crippen LogP contribution < -0.4 is 10.6 Å². The van der Waals surface area contributed by atoms with Crippen LogP contribution in [0, 0.1) is 5.82 Å². The van der Waals surface area contributed by atoms with Crippen molar-refractivity contribution in [2.45, 2.75) is 24.7 Å². The molecule has 0 atom stereocenters. The predicted octanol–water partition coefficient (Wildman–Crippen LogP) is 4.71. The molecule has 0 aliphatic heterocycles. The van der Waals surface area contributed by atoms with E-state index in [-0.39, 0.29) is 17.3 Å². The monoisotopic (exact) mass is 380 g/mol. The smallest absolute Gasteiger partial charge is 0.314 e. The number of carbonyl (C=O) groups is 1. The lowest BCUT2D eigenvalue weighted by Gasteiger charge is -2.17. The Kier molecular flexibility index (Phi) is 5.50. The first-order valence-electron chi connectivity index (χ1n) is 8.20. The molecule has 132 valence electrons. The fourth-order valence-corrected chi connectivity index (χ4v) is 3.37. The van der Waals surface area contributed by atoms with Crippen molar-refractivity contribution < 1.29 is 9.18 Å². The highest BCUT2D eigenvalue weighted by molar-refractivity contribution is 6.35. The van der Waals surface area contributed by atoms with Crippen LogP contribution in [-0.4, -0.2) is 19.1 Å². The molecule has 1 fully saturated rings. The van der Waals surface area contributed by atoms with Gasteiger partial charge in [0.25, 0.3) is 0 Å². The fourth-order valence-electron chi connectivity index (χ4n) is 2.87. The van der Waals surface area contributed by atoms with Crippen LogP contribution in [0.25, 0.3) is 0 Å². The lowest BCUT2D eigenvalue weighted by molar-refractivity contribution is 0.240. The summed E-state index contributed by atoms with van der Waals surface area (Å²) in [6.45, 7) is 1.03. The van der Waals surface area contributed by atoms with Crippen LogP contribution in [0.15, 0.2) is 42.5 Å². The zero-order chi connectivity index (χ0) is 17.9. The van der Waals surface area contributed by atoms with Crippen LogP contribution >= 0.6 is 23.2 Å². The largest absolute Gasteiger partial charge is 0.338 e. The Hall–Kier alpha value is -1.78. The first kappa shape index (κ1) is 18.0. The van der Waals surface area contributed by atoms with Crippen LogP contribution in [0.1, 0.15) is 24.0 Å². The zero-order valence-electron chi connectivity index (χ0n) is 13.6. The third kappa shape index (κ3) is 4.65. The Morgan fingerprint density at radius 3 is 2.44 bits per heavy atom. The number of carbonyl (C=O) groups excluding carboxylic acids is 1. The van der Waals surface area contributed by atoms with Crippen molar-refractivity contribution in [1.29, 1.82) is 0 Å². The van der Waals surface area contributed by atoms with Crippen molar-refractivity contribution in [2.24, 2.45) is 0 Å². The highest BCUT2D eigenvalue weighted by Gasteiger charge is 2.44. The summed E-state index contributed by atoms with van der Waals surface area (Å²) in [4.78, 5) is 12.0. The molecule has 0 radical (unpaired) electrons. The van der Waals surface area contributed by atoms with Crippen LogP contribution in [-0.2, 0) is 11.8 Å². The molecule has 0 unspecified atom stereocenters. The molecular weight excluding hydrogens is 362 g/mol. The zero-order valence-corrected chi connectivity index (χ0v) is 15.1. The maximum Gasteiger partial charge on any atom is 0.314 e. The van der Waals surface area contributed by atoms with Gasteiger partial charge in [0.1, 0.15) is 5.82 Å². The molecule has 2 aromatic carbocycles. The Bertz CT molecular complexity index is 761. The van der Waals surface area contributed by atoms with Gasteiger partial charge in [-0.2, -0.15) is 0 Å². The summed E-state index contributed by atoms with van der Waals surface area (Å²) >= 11 is 12.0. The van der Waals surface area contributed by atoms with Crippen molar-refractivity contribution >= 4 is 29.2 Å². The van der Waals surface area contributed by atoms with E-state index < -0.39 is 0 Å². The highest BCUT2D eigenvalue weighted by Crippen LogP contribution is 2.47. The Labute approximate surface area is 156 Å². The minimum Gasteiger partial charge on any atom is -0.338 e. The summed E-state index contributed by atoms with van der Waals surface area (Å²) in [5, 5.41) is 6.94. The Morgan fingerprint density at radius 1 is 1.08 bits per heavy atom. The molecule has 1 saturated carbocycles. The van der Waals surface area contributed by atoms with E-state index in [1.54, 1.807) is 24.3 Å². The summed E-state index contributed by atoms with van der Waals surface area (Å²) in [5.74, 6) is -0.244. The molecule has 3 rings (SSSR count). The second-order valence-corrected chi connectivity index (χ2v) is 7.23. The highest BCUT2D eigenvalue weighted by atomic mass is 35.5. The summed E-state index contributed by atoms with van der Waals surface area (Å²) in [6.07, 6.45) is 2.63. The molecule has 1 aliphatic carbocycles. The quantitative estimate of drug-likeness (QED) is 0.748. The van der Waals surface area contributed by atoms with E-state index in [9.17, 15) is 9.18 Å². The van der Waals surface area contributed by atoms with Gasteiger partial charge in [0.2, 0.25) is 0 Å². The second-order valence-electron chi connectivity index (χ2n) is 6.38. The second kappa shape index (κ2) is 7.63. The van der Waals surface area contributed by atoms with Crippen LogP contribution in [0.4, 0.5) is 9.18 Å². The summed E-state index contributed by atoms with van der Waals surface area (Å²) in [6, 6.07) is 11.6. The first-order valence-corrected chi connectivity index (χ1v) is 8.96. The number of rotatable bonds is 6. The molecule has 0 aromatic heterocycles. The number of benzene rings is 2. The van der Waals surface area contributed by atoms with E-state index in [1.165, 1.54) is 12.1 Å². The third-order valence-electron chi connectivity index (χ3n) is 4.59. The molecule has 25 heavy (non-hydrogen) atoms. The van der Waals surface area contributed by atoms with Crippen LogP contribution in [0.5, 0.6) is 0 Å². The molecule has 2 amide bonds. The Balaban J connectivity index is 1.44. The molecule has 0 bridgehead atoms.